The fourth-order valence-electron chi connectivity index (χ4n) is 8.08. The van der Waals surface area contributed by atoms with E-state index in [-0.39, 0.29) is 40.2 Å². The Bertz CT molecular complexity index is 1370. The summed E-state index contributed by atoms with van der Waals surface area (Å²) in [6.45, 7) is 0.576. The van der Waals surface area contributed by atoms with E-state index in [2.05, 4.69) is 11.9 Å². The number of likely N-dealkylation sites (N-methyl/N-ethyl adjacent to an activating group) is 1. The van der Waals surface area contributed by atoms with E-state index >= 15 is 0 Å². The summed E-state index contributed by atoms with van der Waals surface area (Å²) in [6, 6.07) is 0.788. The molecule has 1 aromatic carbocycles. The Kier molecular flexibility index (Phi) is 6.07. The van der Waals surface area contributed by atoms with Gasteiger partial charge in [0.15, 0.2) is 5.78 Å². The molecule has 0 spiro atoms. The van der Waals surface area contributed by atoms with E-state index in [1.165, 1.54) is 12.8 Å². The largest absolute Gasteiger partial charge is 0.510 e. The van der Waals surface area contributed by atoms with Crippen LogP contribution in [-0.2, 0) is 17.8 Å². The summed E-state index contributed by atoms with van der Waals surface area (Å²) in [5.74, 6) is -2.32. The number of nitrogens with zero attached hydrogens (tertiary/aromatic N) is 2. The van der Waals surface area contributed by atoms with Crippen molar-refractivity contribution < 1.29 is 34.8 Å². The number of aliphatic hydroxyl groups is 3. The molecule has 0 aliphatic heterocycles. The molecule has 1 amide bonds. The molecule has 6 rings (SSSR count). The SMILES string of the molecule is COc1c(CN(C)C2(C3CC3)CC2)cc(O)c2c1C[C@H]1C[C@H]3[C@H](N(C)C)C(O)=C(C(N)=O)C[C@@]3(O)C(O)=C1C2=O. The Balaban J connectivity index is 1.42. The Morgan fingerprint density at radius 3 is 2.40 bits per heavy atom. The molecular weight excluding hydrogens is 514 g/mol. The molecule has 0 unspecified atom stereocenters. The lowest BCUT2D eigenvalue weighted by Gasteiger charge is -2.51. The molecule has 1 aromatic rings. The summed E-state index contributed by atoms with van der Waals surface area (Å²) in [7, 11) is 7.09. The van der Waals surface area contributed by atoms with Gasteiger partial charge in [0.2, 0.25) is 5.91 Å². The van der Waals surface area contributed by atoms with Crippen LogP contribution in [0.15, 0.2) is 28.7 Å². The van der Waals surface area contributed by atoms with Crippen LogP contribution in [0.5, 0.6) is 11.5 Å². The van der Waals surface area contributed by atoms with Gasteiger partial charge in [-0.1, -0.05) is 0 Å². The van der Waals surface area contributed by atoms with Gasteiger partial charge in [0.25, 0.3) is 0 Å². The van der Waals surface area contributed by atoms with Crippen LogP contribution in [0.3, 0.4) is 0 Å². The van der Waals surface area contributed by atoms with Gasteiger partial charge in [-0.15, -0.1) is 0 Å². The molecular formula is C30H39N3O7. The van der Waals surface area contributed by atoms with Gasteiger partial charge in [-0.2, -0.15) is 0 Å². The van der Waals surface area contributed by atoms with Crippen molar-refractivity contribution in [1.82, 2.24) is 9.80 Å². The highest BCUT2D eigenvalue weighted by Crippen LogP contribution is 2.58. The van der Waals surface area contributed by atoms with Crippen LogP contribution in [-0.4, -0.2) is 87.4 Å². The lowest BCUT2D eigenvalue weighted by molar-refractivity contribution is -0.118. The molecule has 2 fully saturated rings. The second-order valence-electron chi connectivity index (χ2n) is 12.7. The third kappa shape index (κ3) is 3.72. The number of phenols is 1. The van der Waals surface area contributed by atoms with Crippen LogP contribution in [0, 0.1) is 17.8 Å². The van der Waals surface area contributed by atoms with Gasteiger partial charge >= 0.3 is 0 Å². The molecule has 216 valence electrons. The van der Waals surface area contributed by atoms with Gasteiger partial charge in [0.1, 0.15) is 28.6 Å². The number of hydrogen-bond donors (Lipinski definition) is 5. The zero-order valence-corrected chi connectivity index (χ0v) is 23.5. The van der Waals surface area contributed by atoms with Crippen LogP contribution in [0.25, 0.3) is 0 Å². The maximum Gasteiger partial charge on any atom is 0.248 e. The van der Waals surface area contributed by atoms with E-state index < -0.39 is 47.3 Å². The molecule has 4 atom stereocenters. The Hall–Kier alpha value is -3.08. The first-order chi connectivity index (χ1) is 18.9. The van der Waals surface area contributed by atoms with Crippen LogP contribution < -0.4 is 10.5 Å². The van der Waals surface area contributed by atoms with Crippen molar-refractivity contribution in [3.8, 4) is 11.5 Å². The topological polar surface area (TPSA) is 157 Å². The van der Waals surface area contributed by atoms with Crippen molar-refractivity contribution in [2.24, 2.45) is 23.5 Å². The first kappa shape index (κ1) is 27.1. The number of carbonyl (C=O) groups excluding carboxylic acids is 2. The van der Waals surface area contributed by atoms with E-state index in [4.69, 9.17) is 10.5 Å². The predicted molar refractivity (Wildman–Crippen MR) is 146 cm³/mol. The Morgan fingerprint density at radius 2 is 1.85 bits per heavy atom. The predicted octanol–water partition coefficient (Wildman–Crippen LogP) is 2.32. The lowest BCUT2D eigenvalue weighted by Crippen LogP contribution is -2.59. The summed E-state index contributed by atoms with van der Waals surface area (Å²) in [4.78, 5) is 30.1. The third-order valence-electron chi connectivity index (χ3n) is 10.3. The number of ketones is 1. The Labute approximate surface area is 233 Å². The number of primary amides is 1. The highest BCUT2D eigenvalue weighted by atomic mass is 16.5. The zero-order valence-electron chi connectivity index (χ0n) is 23.5. The van der Waals surface area contributed by atoms with Crippen molar-refractivity contribution >= 4 is 11.7 Å². The first-order valence-corrected chi connectivity index (χ1v) is 14.1. The number of ether oxygens (including phenoxy) is 1. The van der Waals surface area contributed by atoms with Crippen molar-refractivity contribution in [3.05, 3.63) is 45.4 Å². The number of aliphatic hydroxyl groups excluding tert-OH is 2. The van der Waals surface area contributed by atoms with Gasteiger partial charge in [0, 0.05) is 41.1 Å². The maximum atomic E-state index is 13.9. The number of hydrogen-bond acceptors (Lipinski definition) is 9. The number of fused-ring (bicyclic) bond motifs is 3. The highest BCUT2D eigenvalue weighted by Gasteiger charge is 2.59. The van der Waals surface area contributed by atoms with Crippen molar-refractivity contribution in [2.75, 3.05) is 28.3 Å². The quantitative estimate of drug-likeness (QED) is 0.342. The fraction of sp³-hybridized carbons (Fsp3) is 0.600. The number of aromatic hydroxyl groups is 1. The molecule has 10 nitrogen and oxygen atoms in total. The molecule has 40 heavy (non-hydrogen) atoms. The van der Waals surface area contributed by atoms with Gasteiger partial charge in [-0.05, 0) is 77.6 Å². The highest BCUT2D eigenvalue weighted by molar-refractivity contribution is 6.14. The van der Waals surface area contributed by atoms with Gasteiger partial charge in [-0.25, -0.2) is 0 Å². The smallest absolute Gasteiger partial charge is 0.248 e. The van der Waals surface area contributed by atoms with E-state index in [1.54, 1.807) is 32.2 Å². The number of carbonyl (C=O) groups is 2. The Morgan fingerprint density at radius 1 is 1.18 bits per heavy atom. The zero-order chi connectivity index (χ0) is 28.9. The van der Waals surface area contributed by atoms with E-state index in [9.17, 15) is 30.0 Å². The molecule has 6 N–H and O–H groups in total. The molecule has 0 heterocycles. The monoisotopic (exact) mass is 553 g/mol. The van der Waals surface area contributed by atoms with Crippen molar-refractivity contribution in [3.63, 3.8) is 0 Å². The molecule has 5 aliphatic carbocycles. The van der Waals surface area contributed by atoms with Crippen LogP contribution in [0.4, 0.5) is 0 Å². The molecule has 0 aromatic heterocycles. The number of Topliss-reactive ketones (excluding diaryl/α,β-unsaturated/α-hetero) is 1. The van der Waals surface area contributed by atoms with Crippen molar-refractivity contribution in [2.45, 2.75) is 68.7 Å². The standard InChI is InChI=1S/C30H39N3O7/c1-32(2)23-19-10-14-9-17-22(25(36)21(14)27(37)30(19,39)12-18(24(23)35)28(31)38)20(34)11-15(26(17)40-4)13-33(3)29(7-8-29)16-5-6-16/h11,14,16,19,23,34-35,37,39H,5-10,12-13H2,1-4H3,(H2,31,38)/t14-,19-,23-,30-/m0/s1. The number of allylic oxidation sites excluding steroid dienone is 1. The minimum absolute atomic E-state index is 0.0295. The van der Waals surface area contributed by atoms with Gasteiger partial charge in [0.05, 0.1) is 24.3 Å². The van der Waals surface area contributed by atoms with Crippen LogP contribution >= 0.6 is 0 Å². The number of rotatable bonds is 7. The molecule has 10 heteroatoms. The van der Waals surface area contributed by atoms with Crippen LogP contribution in [0.1, 0.15) is 60.0 Å². The summed E-state index contributed by atoms with van der Waals surface area (Å²) < 4.78 is 5.88. The lowest BCUT2D eigenvalue weighted by atomic mass is 9.59. The second kappa shape index (κ2) is 8.96. The second-order valence-corrected chi connectivity index (χ2v) is 12.7. The van der Waals surface area contributed by atoms with Gasteiger partial charge in [-0.3, -0.25) is 19.4 Å². The normalized spacial score (nSPS) is 30.8. The number of amides is 1. The average Bonchev–Trinajstić information content (AvgIpc) is 3.78. The minimum Gasteiger partial charge on any atom is -0.510 e. The van der Waals surface area contributed by atoms with E-state index in [0.29, 0.717) is 30.2 Å². The minimum atomic E-state index is -1.98. The number of methoxy groups -OCH3 is 1. The van der Waals surface area contributed by atoms with E-state index in [1.807, 2.05) is 0 Å². The molecule has 0 radical (unpaired) electrons. The molecule has 0 saturated heterocycles. The van der Waals surface area contributed by atoms with Crippen molar-refractivity contribution in [1.29, 1.82) is 0 Å². The summed E-state index contributed by atoms with van der Waals surface area (Å²) in [6.07, 6.45) is 4.99. The summed E-state index contributed by atoms with van der Waals surface area (Å²) in [5, 5.41) is 45.5. The molecule has 2 saturated carbocycles. The maximum absolute atomic E-state index is 13.9. The summed E-state index contributed by atoms with van der Waals surface area (Å²) in [5.41, 5.74) is 5.07. The molecule has 5 aliphatic rings. The summed E-state index contributed by atoms with van der Waals surface area (Å²) >= 11 is 0. The van der Waals surface area contributed by atoms with Gasteiger partial charge < -0.3 is 30.9 Å². The first-order valence-electron chi connectivity index (χ1n) is 14.1. The number of benzene rings is 1. The van der Waals surface area contributed by atoms with E-state index in [0.717, 1.165) is 18.4 Å². The number of nitrogens with two attached hydrogens (primary N) is 1. The third-order valence-corrected chi connectivity index (χ3v) is 10.3. The molecule has 0 bridgehead atoms. The fourth-order valence-corrected chi connectivity index (χ4v) is 8.08. The van der Waals surface area contributed by atoms with Crippen LogP contribution in [0.2, 0.25) is 0 Å². The number of phenolic OH excluding ortho intramolecular Hbond substituents is 1. The average molecular weight is 554 g/mol.